The molecule has 4 nitrogen and oxygen atoms in total. The summed E-state index contributed by atoms with van der Waals surface area (Å²) in [6.45, 7) is 3.96. The van der Waals surface area contributed by atoms with Gasteiger partial charge in [-0.05, 0) is 48.7 Å². The van der Waals surface area contributed by atoms with Crippen molar-refractivity contribution in [2.24, 2.45) is 0 Å². The lowest BCUT2D eigenvalue weighted by molar-refractivity contribution is 0.0848. The SMILES string of the molecule is COc1ccc([C@@H]2CC(=O)c3cc(C)cc(C)c3O2)cc1OC. The van der Waals surface area contributed by atoms with Gasteiger partial charge in [-0.15, -0.1) is 0 Å². The molecule has 1 heterocycles. The van der Waals surface area contributed by atoms with Crippen molar-refractivity contribution in [1.29, 1.82) is 0 Å². The maximum absolute atomic E-state index is 12.5. The van der Waals surface area contributed by atoms with E-state index in [-0.39, 0.29) is 11.9 Å². The Morgan fingerprint density at radius 3 is 2.48 bits per heavy atom. The molecule has 1 aliphatic rings. The van der Waals surface area contributed by atoms with Crippen molar-refractivity contribution >= 4 is 5.78 Å². The number of benzene rings is 2. The van der Waals surface area contributed by atoms with Gasteiger partial charge >= 0.3 is 0 Å². The molecule has 3 rings (SSSR count). The molecule has 2 aromatic carbocycles. The van der Waals surface area contributed by atoms with Crippen LogP contribution in [0.5, 0.6) is 17.2 Å². The van der Waals surface area contributed by atoms with E-state index in [0.717, 1.165) is 16.7 Å². The minimum absolute atomic E-state index is 0.109. The highest BCUT2D eigenvalue weighted by Gasteiger charge is 2.29. The van der Waals surface area contributed by atoms with Gasteiger partial charge in [0, 0.05) is 0 Å². The average Bonchev–Trinajstić information content (AvgIpc) is 2.55. The van der Waals surface area contributed by atoms with E-state index in [1.54, 1.807) is 14.2 Å². The van der Waals surface area contributed by atoms with Crippen LogP contribution in [-0.2, 0) is 0 Å². The highest BCUT2D eigenvalue weighted by Crippen LogP contribution is 2.39. The number of carbonyl (C=O) groups excluding carboxylic acids is 1. The summed E-state index contributed by atoms with van der Waals surface area (Å²) in [7, 11) is 3.19. The van der Waals surface area contributed by atoms with Gasteiger partial charge in [0.1, 0.15) is 11.9 Å². The van der Waals surface area contributed by atoms with Crippen LogP contribution in [0.2, 0.25) is 0 Å². The maximum Gasteiger partial charge on any atom is 0.170 e. The summed E-state index contributed by atoms with van der Waals surface area (Å²) in [5, 5.41) is 0. The summed E-state index contributed by atoms with van der Waals surface area (Å²) in [4.78, 5) is 12.5. The molecule has 0 saturated heterocycles. The number of hydrogen-bond donors (Lipinski definition) is 0. The zero-order valence-electron chi connectivity index (χ0n) is 13.8. The van der Waals surface area contributed by atoms with Gasteiger partial charge in [-0.3, -0.25) is 4.79 Å². The van der Waals surface area contributed by atoms with Crippen molar-refractivity contribution in [3.05, 3.63) is 52.6 Å². The van der Waals surface area contributed by atoms with Crippen LogP contribution in [0.15, 0.2) is 30.3 Å². The fourth-order valence-corrected chi connectivity index (χ4v) is 3.02. The normalized spacial score (nSPS) is 16.5. The van der Waals surface area contributed by atoms with Gasteiger partial charge in [-0.1, -0.05) is 12.1 Å². The standard InChI is InChI=1S/C19H20O4/c1-11-7-12(2)19-14(8-11)15(20)10-17(23-19)13-5-6-16(21-3)18(9-13)22-4/h5-9,17H,10H2,1-4H3/t17-/m0/s1. The summed E-state index contributed by atoms with van der Waals surface area (Å²) >= 11 is 0. The van der Waals surface area contributed by atoms with Crippen LogP contribution >= 0.6 is 0 Å². The molecule has 1 atom stereocenters. The van der Waals surface area contributed by atoms with Crippen LogP contribution < -0.4 is 14.2 Å². The first-order valence-corrected chi connectivity index (χ1v) is 7.56. The minimum Gasteiger partial charge on any atom is -0.493 e. The number of rotatable bonds is 3. The molecule has 0 radical (unpaired) electrons. The van der Waals surface area contributed by atoms with Gasteiger partial charge in [-0.25, -0.2) is 0 Å². The third-order valence-electron chi connectivity index (χ3n) is 4.13. The van der Waals surface area contributed by atoms with E-state index in [1.807, 2.05) is 44.2 Å². The molecule has 0 amide bonds. The molecule has 0 fully saturated rings. The largest absolute Gasteiger partial charge is 0.493 e. The van der Waals surface area contributed by atoms with Crippen molar-refractivity contribution in [2.45, 2.75) is 26.4 Å². The summed E-state index contributed by atoms with van der Waals surface area (Å²) in [6, 6.07) is 9.54. The van der Waals surface area contributed by atoms with E-state index in [0.29, 0.717) is 29.2 Å². The lowest BCUT2D eigenvalue weighted by Crippen LogP contribution is -2.21. The van der Waals surface area contributed by atoms with Crippen molar-refractivity contribution < 1.29 is 19.0 Å². The van der Waals surface area contributed by atoms with Gasteiger partial charge in [0.2, 0.25) is 0 Å². The van der Waals surface area contributed by atoms with Crippen LogP contribution in [0.3, 0.4) is 0 Å². The zero-order chi connectivity index (χ0) is 16.6. The van der Waals surface area contributed by atoms with E-state index < -0.39 is 0 Å². The third kappa shape index (κ3) is 2.77. The van der Waals surface area contributed by atoms with Gasteiger partial charge in [0.05, 0.1) is 26.2 Å². The van der Waals surface area contributed by atoms with E-state index in [4.69, 9.17) is 14.2 Å². The van der Waals surface area contributed by atoms with Crippen LogP contribution in [0.4, 0.5) is 0 Å². The second kappa shape index (κ2) is 5.95. The van der Waals surface area contributed by atoms with Crippen LogP contribution in [0.1, 0.15) is 39.6 Å². The van der Waals surface area contributed by atoms with E-state index in [9.17, 15) is 4.79 Å². The third-order valence-corrected chi connectivity index (χ3v) is 4.13. The number of hydrogen-bond acceptors (Lipinski definition) is 4. The molecule has 0 aliphatic carbocycles. The number of ether oxygens (including phenoxy) is 3. The predicted octanol–water partition coefficient (Wildman–Crippen LogP) is 4.03. The summed E-state index contributed by atoms with van der Waals surface area (Å²) < 4.78 is 16.7. The Labute approximate surface area is 136 Å². The van der Waals surface area contributed by atoms with Crippen LogP contribution in [0.25, 0.3) is 0 Å². The Kier molecular flexibility index (Phi) is 3.99. The Bertz CT molecular complexity index is 764. The molecule has 1 aliphatic heterocycles. The molecular formula is C19H20O4. The minimum atomic E-state index is -0.309. The highest BCUT2D eigenvalue weighted by atomic mass is 16.5. The summed E-state index contributed by atoms with van der Waals surface area (Å²) in [6.07, 6.45) is 0.0157. The maximum atomic E-state index is 12.5. The first-order valence-electron chi connectivity index (χ1n) is 7.56. The van der Waals surface area contributed by atoms with Gasteiger partial charge < -0.3 is 14.2 Å². The van der Waals surface area contributed by atoms with Crippen LogP contribution in [-0.4, -0.2) is 20.0 Å². The van der Waals surface area contributed by atoms with E-state index >= 15 is 0 Å². The number of methoxy groups -OCH3 is 2. The number of ketones is 1. The molecule has 2 aromatic rings. The number of Topliss-reactive ketones (excluding diaryl/α,β-unsaturated/α-hetero) is 1. The highest BCUT2D eigenvalue weighted by molar-refractivity contribution is 6.00. The predicted molar refractivity (Wildman–Crippen MR) is 87.8 cm³/mol. The second-order valence-corrected chi connectivity index (χ2v) is 5.81. The Morgan fingerprint density at radius 2 is 1.78 bits per heavy atom. The molecular weight excluding hydrogens is 292 g/mol. The van der Waals surface area contributed by atoms with E-state index in [2.05, 4.69) is 0 Å². The Hall–Kier alpha value is -2.49. The number of fused-ring (bicyclic) bond motifs is 1. The second-order valence-electron chi connectivity index (χ2n) is 5.81. The monoisotopic (exact) mass is 312 g/mol. The fourth-order valence-electron chi connectivity index (χ4n) is 3.02. The first-order chi connectivity index (χ1) is 11.0. The molecule has 4 heteroatoms. The van der Waals surface area contributed by atoms with Crippen molar-refractivity contribution in [3.63, 3.8) is 0 Å². The summed E-state index contributed by atoms with van der Waals surface area (Å²) in [5.74, 6) is 2.09. The van der Waals surface area contributed by atoms with Gasteiger partial charge in [0.15, 0.2) is 17.3 Å². The number of carbonyl (C=O) groups is 1. The van der Waals surface area contributed by atoms with Crippen molar-refractivity contribution in [3.8, 4) is 17.2 Å². The smallest absolute Gasteiger partial charge is 0.170 e. The molecule has 0 bridgehead atoms. The molecule has 0 spiro atoms. The average molecular weight is 312 g/mol. The van der Waals surface area contributed by atoms with Crippen LogP contribution in [0, 0.1) is 13.8 Å². The Balaban J connectivity index is 1.99. The topological polar surface area (TPSA) is 44.8 Å². The molecule has 0 unspecified atom stereocenters. The van der Waals surface area contributed by atoms with Gasteiger partial charge in [-0.2, -0.15) is 0 Å². The van der Waals surface area contributed by atoms with Crippen molar-refractivity contribution in [2.75, 3.05) is 14.2 Å². The molecule has 120 valence electrons. The van der Waals surface area contributed by atoms with Crippen molar-refractivity contribution in [1.82, 2.24) is 0 Å². The molecule has 0 aromatic heterocycles. The fraction of sp³-hybridized carbons (Fsp3) is 0.316. The summed E-state index contributed by atoms with van der Waals surface area (Å²) in [5.41, 5.74) is 3.64. The number of aryl methyl sites for hydroxylation is 2. The lowest BCUT2D eigenvalue weighted by Gasteiger charge is -2.27. The molecule has 0 N–H and O–H groups in total. The quantitative estimate of drug-likeness (QED) is 0.858. The van der Waals surface area contributed by atoms with Gasteiger partial charge in [0.25, 0.3) is 0 Å². The molecule has 0 saturated carbocycles. The first kappa shape index (κ1) is 15.4. The van der Waals surface area contributed by atoms with E-state index in [1.165, 1.54) is 0 Å². The zero-order valence-corrected chi connectivity index (χ0v) is 13.8. The lowest BCUT2D eigenvalue weighted by atomic mass is 9.93. The molecule has 23 heavy (non-hydrogen) atoms. The Morgan fingerprint density at radius 1 is 1.04 bits per heavy atom.